The van der Waals surface area contributed by atoms with Gasteiger partial charge in [0.25, 0.3) is 5.69 Å². The van der Waals surface area contributed by atoms with Crippen LogP contribution in [-0.2, 0) is 16.1 Å². The second-order valence-electron chi connectivity index (χ2n) is 4.53. The van der Waals surface area contributed by atoms with Crippen LogP contribution in [0.3, 0.4) is 0 Å². The Kier molecular flexibility index (Phi) is 7.34. The number of methoxy groups -OCH3 is 1. The van der Waals surface area contributed by atoms with E-state index in [2.05, 4.69) is 5.32 Å². The fourth-order valence-corrected chi connectivity index (χ4v) is 1.89. The maximum atomic E-state index is 11.8. The monoisotopic (exact) mass is 295 g/mol. The van der Waals surface area contributed by atoms with Crippen molar-refractivity contribution in [1.82, 2.24) is 10.2 Å². The predicted octanol–water partition coefficient (Wildman–Crippen LogP) is 1.18. The van der Waals surface area contributed by atoms with Crippen LogP contribution >= 0.6 is 0 Å². The lowest BCUT2D eigenvalue weighted by Gasteiger charge is -2.19. The third-order valence-corrected chi connectivity index (χ3v) is 3.03. The maximum absolute atomic E-state index is 11.8. The number of hydrogen-bond acceptors (Lipinski definition) is 5. The number of nitro groups is 1. The minimum Gasteiger partial charge on any atom is -0.383 e. The molecule has 1 amide bonds. The van der Waals surface area contributed by atoms with Crippen molar-refractivity contribution in [3.8, 4) is 0 Å². The van der Waals surface area contributed by atoms with Gasteiger partial charge < -0.3 is 10.1 Å². The highest BCUT2D eigenvalue weighted by Gasteiger charge is 2.16. The molecule has 1 aromatic carbocycles. The normalized spacial score (nSPS) is 10.6. The van der Waals surface area contributed by atoms with Crippen LogP contribution in [-0.4, -0.2) is 49.1 Å². The van der Waals surface area contributed by atoms with Gasteiger partial charge in [-0.2, -0.15) is 0 Å². The van der Waals surface area contributed by atoms with Crippen LogP contribution in [0.25, 0.3) is 0 Å². The van der Waals surface area contributed by atoms with Crippen molar-refractivity contribution in [2.45, 2.75) is 13.5 Å². The van der Waals surface area contributed by atoms with Gasteiger partial charge in [0.05, 0.1) is 18.1 Å². The molecule has 1 rings (SSSR count). The summed E-state index contributed by atoms with van der Waals surface area (Å²) >= 11 is 0. The molecule has 0 saturated heterocycles. The molecule has 7 nitrogen and oxygen atoms in total. The molecule has 0 unspecified atom stereocenters. The summed E-state index contributed by atoms with van der Waals surface area (Å²) < 4.78 is 4.86. The van der Waals surface area contributed by atoms with Gasteiger partial charge in [0.15, 0.2) is 0 Å². The van der Waals surface area contributed by atoms with Crippen molar-refractivity contribution < 1.29 is 14.5 Å². The highest BCUT2D eigenvalue weighted by molar-refractivity contribution is 5.78. The summed E-state index contributed by atoms with van der Waals surface area (Å²) in [5.41, 5.74) is 0.685. The number of carbonyl (C=O) groups excluding carboxylic acids is 1. The van der Waals surface area contributed by atoms with Crippen molar-refractivity contribution in [2.24, 2.45) is 0 Å². The molecular weight excluding hydrogens is 274 g/mol. The Labute approximate surface area is 124 Å². The summed E-state index contributed by atoms with van der Waals surface area (Å²) in [5, 5.41) is 13.7. The molecule has 0 atom stereocenters. The topological polar surface area (TPSA) is 84.7 Å². The first-order valence-electron chi connectivity index (χ1n) is 6.78. The molecule has 1 aromatic rings. The molecule has 0 heterocycles. The van der Waals surface area contributed by atoms with Crippen LogP contribution in [0, 0.1) is 10.1 Å². The number of rotatable bonds is 9. The molecule has 0 aliphatic heterocycles. The molecule has 0 spiro atoms. The number of ether oxygens (including phenoxy) is 1. The third-order valence-electron chi connectivity index (χ3n) is 3.03. The lowest BCUT2D eigenvalue weighted by Crippen LogP contribution is -2.38. The summed E-state index contributed by atoms with van der Waals surface area (Å²) in [4.78, 5) is 24.2. The van der Waals surface area contributed by atoms with Gasteiger partial charge in [0.2, 0.25) is 5.91 Å². The highest BCUT2D eigenvalue weighted by atomic mass is 16.6. The van der Waals surface area contributed by atoms with Crippen molar-refractivity contribution >= 4 is 11.6 Å². The van der Waals surface area contributed by atoms with Crippen LogP contribution < -0.4 is 5.32 Å². The Balaban J connectivity index is 2.62. The number of likely N-dealkylation sites (N-methyl/N-ethyl adjacent to an activating group) is 1. The Morgan fingerprint density at radius 2 is 2.14 bits per heavy atom. The second kappa shape index (κ2) is 9.04. The smallest absolute Gasteiger partial charge is 0.273 e. The lowest BCUT2D eigenvalue weighted by molar-refractivity contribution is -0.385. The van der Waals surface area contributed by atoms with Crippen molar-refractivity contribution in [3.63, 3.8) is 0 Å². The third kappa shape index (κ3) is 5.88. The molecule has 21 heavy (non-hydrogen) atoms. The van der Waals surface area contributed by atoms with Gasteiger partial charge in [-0.15, -0.1) is 0 Å². The first-order valence-corrected chi connectivity index (χ1v) is 6.78. The number of nitrogens with one attached hydrogen (secondary N) is 1. The fourth-order valence-electron chi connectivity index (χ4n) is 1.89. The zero-order valence-corrected chi connectivity index (χ0v) is 12.4. The minimum atomic E-state index is -0.401. The molecule has 116 valence electrons. The fraction of sp³-hybridized carbons (Fsp3) is 0.500. The Morgan fingerprint density at radius 1 is 1.43 bits per heavy atom. The van der Waals surface area contributed by atoms with E-state index in [-0.39, 0.29) is 18.1 Å². The molecular formula is C14H21N3O4. The average molecular weight is 295 g/mol. The number of para-hydroxylation sites is 1. The van der Waals surface area contributed by atoms with Crippen molar-refractivity contribution in [1.29, 1.82) is 0 Å². The van der Waals surface area contributed by atoms with E-state index in [1.165, 1.54) is 6.07 Å². The molecule has 0 bridgehead atoms. The van der Waals surface area contributed by atoms with Crippen molar-refractivity contribution in [3.05, 3.63) is 39.9 Å². The molecule has 0 saturated carbocycles. The predicted molar refractivity (Wildman–Crippen MR) is 78.9 cm³/mol. The zero-order chi connectivity index (χ0) is 15.7. The van der Waals surface area contributed by atoms with Gasteiger partial charge in [-0.1, -0.05) is 25.1 Å². The Bertz CT molecular complexity index is 479. The largest absolute Gasteiger partial charge is 0.383 e. The number of hydrogen-bond donors (Lipinski definition) is 1. The van der Waals surface area contributed by atoms with E-state index in [0.717, 1.165) is 0 Å². The first kappa shape index (κ1) is 17.1. The molecule has 0 aromatic heterocycles. The minimum absolute atomic E-state index is 0.0794. The standard InChI is InChI=1S/C14H21N3O4/c1-3-16(11-14(18)15-8-9-21-2)10-12-6-4-5-7-13(12)17(19)20/h4-7H,3,8-11H2,1-2H3,(H,15,18). The Morgan fingerprint density at radius 3 is 2.76 bits per heavy atom. The van der Waals surface area contributed by atoms with Gasteiger partial charge in [-0.3, -0.25) is 19.8 Å². The van der Waals surface area contributed by atoms with E-state index in [4.69, 9.17) is 4.74 Å². The number of nitro benzene ring substituents is 1. The molecule has 7 heteroatoms. The van der Waals surface area contributed by atoms with Gasteiger partial charge in [0.1, 0.15) is 0 Å². The van der Waals surface area contributed by atoms with Gasteiger partial charge >= 0.3 is 0 Å². The van der Waals surface area contributed by atoms with E-state index in [1.807, 2.05) is 11.8 Å². The van der Waals surface area contributed by atoms with E-state index < -0.39 is 4.92 Å². The number of carbonyl (C=O) groups is 1. The molecule has 0 aliphatic carbocycles. The number of nitrogens with zero attached hydrogens (tertiary/aromatic N) is 2. The molecule has 1 N–H and O–H groups in total. The van der Waals surface area contributed by atoms with Crippen molar-refractivity contribution in [2.75, 3.05) is 33.4 Å². The molecule has 0 radical (unpaired) electrons. The molecule has 0 aliphatic rings. The summed E-state index contributed by atoms with van der Waals surface area (Å²) in [6.45, 7) is 4.03. The number of amides is 1. The van der Waals surface area contributed by atoms with E-state index in [1.54, 1.807) is 25.3 Å². The van der Waals surface area contributed by atoms with E-state index in [9.17, 15) is 14.9 Å². The average Bonchev–Trinajstić information content (AvgIpc) is 2.47. The highest BCUT2D eigenvalue weighted by Crippen LogP contribution is 2.19. The molecule has 0 fully saturated rings. The van der Waals surface area contributed by atoms with E-state index in [0.29, 0.717) is 31.8 Å². The van der Waals surface area contributed by atoms with Gasteiger partial charge in [-0.25, -0.2) is 0 Å². The van der Waals surface area contributed by atoms with Crippen LogP contribution in [0.15, 0.2) is 24.3 Å². The SMILES string of the molecule is CCN(CC(=O)NCCOC)Cc1ccccc1[N+](=O)[O-]. The van der Waals surface area contributed by atoms with Gasteiger partial charge in [-0.05, 0) is 6.54 Å². The second-order valence-corrected chi connectivity index (χ2v) is 4.53. The zero-order valence-electron chi connectivity index (χ0n) is 12.4. The van der Waals surface area contributed by atoms with Crippen LogP contribution in [0.2, 0.25) is 0 Å². The van der Waals surface area contributed by atoms with E-state index >= 15 is 0 Å². The summed E-state index contributed by atoms with van der Waals surface area (Å²) in [5.74, 6) is -0.118. The van der Waals surface area contributed by atoms with Gasteiger partial charge in [0, 0.05) is 31.8 Å². The van der Waals surface area contributed by atoms with Crippen LogP contribution in [0.1, 0.15) is 12.5 Å². The van der Waals surface area contributed by atoms with Crippen LogP contribution in [0.5, 0.6) is 0 Å². The summed E-state index contributed by atoms with van der Waals surface area (Å²) in [6.07, 6.45) is 0. The maximum Gasteiger partial charge on any atom is 0.273 e. The summed E-state index contributed by atoms with van der Waals surface area (Å²) in [6, 6.07) is 6.58. The Hall–Kier alpha value is -1.99. The lowest BCUT2D eigenvalue weighted by atomic mass is 10.1. The first-order chi connectivity index (χ1) is 10.1. The summed E-state index contributed by atoms with van der Waals surface area (Å²) in [7, 11) is 1.57. The van der Waals surface area contributed by atoms with Crippen LogP contribution in [0.4, 0.5) is 5.69 Å². The number of benzene rings is 1. The quantitative estimate of drug-likeness (QED) is 0.420.